The van der Waals surface area contributed by atoms with Crippen LogP contribution in [0.25, 0.3) is 0 Å². The molecule has 1 heterocycles. The molecule has 0 aromatic carbocycles. The highest BCUT2D eigenvalue weighted by Gasteiger charge is 2.12. The number of nitrogens with zero attached hydrogens (tertiary/aromatic N) is 1. The first-order chi connectivity index (χ1) is 9.90. The van der Waals surface area contributed by atoms with Crippen molar-refractivity contribution in [3.05, 3.63) is 53.9 Å². The first-order valence-electron chi connectivity index (χ1n) is 8.18. The third kappa shape index (κ3) is 3.82. The predicted molar refractivity (Wildman–Crippen MR) is 84.6 cm³/mol. The van der Waals surface area contributed by atoms with Crippen LogP contribution < -0.4 is 0 Å². The molecule has 0 bridgehead atoms. The predicted octanol–water partition coefficient (Wildman–Crippen LogP) is 4.88. The molecule has 2 aliphatic carbocycles. The molecule has 20 heavy (non-hydrogen) atoms. The average molecular weight is 267 g/mol. The molecule has 0 saturated carbocycles. The van der Waals surface area contributed by atoms with Crippen molar-refractivity contribution in [1.82, 2.24) is 4.98 Å². The lowest BCUT2D eigenvalue weighted by molar-refractivity contribution is 0.522. The molecule has 1 heteroatoms. The zero-order valence-corrected chi connectivity index (χ0v) is 12.3. The Morgan fingerprint density at radius 1 is 0.850 bits per heavy atom. The molecule has 3 rings (SSSR count). The number of hydrogen-bond acceptors (Lipinski definition) is 1. The molecule has 2 unspecified atom stereocenters. The molecule has 1 nitrogen and oxygen atoms in total. The van der Waals surface area contributed by atoms with Crippen molar-refractivity contribution in [1.29, 1.82) is 0 Å². The van der Waals surface area contributed by atoms with Crippen LogP contribution in [0.3, 0.4) is 0 Å². The summed E-state index contributed by atoms with van der Waals surface area (Å²) in [7, 11) is 0. The van der Waals surface area contributed by atoms with E-state index in [0.717, 1.165) is 12.8 Å². The Labute approximate surface area is 122 Å². The van der Waals surface area contributed by atoms with Gasteiger partial charge in [-0.3, -0.25) is 4.98 Å². The highest BCUT2D eigenvalue weighted by molar-refractivity contribution is 5.15. The summed E-state index contributed by atoms with van der Waals surface area (Å²) in [6.07, 6.45) is 19.5. The first kappa shape index (κ1) is 13.6. The molecular formula is C19H25N. The van der Waals surface area contributed by atoms with Crippen molar-refractivity contribution in [2.24, 2.45) is 11.8 Å². The van der Waals surface area contributed by atoms with Gasteiger partial charge in [-0.1, -0.05) is 30.4 Å². The van der Waals surface area contributed by atoms with Crippen molar-refractivity contribution in [3.8, 4) is 0 Å². The zero-order valence-electron chi connectivity index (χ0n) is 12.3. The second-order valence-corrected chi connectivity index (χ2v) is 6.27. The van der Waals surface area contributed by atoms with Crippen LogP contribution in [0.5, 0.6) is 0 Å². The van der Waals surface area contributed by atoms with Crippen LogP contribution in [-0.2, 0) is 12.8 Å². The van der Waals surface area contributed by atoms with Crippen LogP contribution in [0.15, 0.2) is 42.5 Å². The van der Waals surface area contributed by atoms with Crippen molar-refractivity contribution < 1.29 is 0 Å². The summed E-state index contributed by atoms with van der Waals surface area (Å²) < 4.78 is 0. The van der Waals surface area contributed by atoms with E-state index in [4.69, 9.17) is 4.98 Å². The maximum absolute atomic E-state index is 4.89. The minimum absolute atomic E-state index is 0.709. The molecule has 0 saturated heterocycles. The van der Waals surface area contributed by atoms with Crippen LogP contribution in [0.4, 0.5) is 0 Å². The average Bonchev–Trinajstić information content (AvgIpc) is 2.50. The van der Waals surface area contributed by atoms with Gasteiger partial charge in [-0.2, -0.15) is 0 Å². The second-order valence-electron chi connectivity index (χ2n) is 6.27. The fraction of sp³-hybridized carbons (Fsp3) is 0.526. The molecule has 1 aromatic heterocycles. The highest BCUT2D eigenvalue weighted by Crippen LogP contribution is 2.23. The number of pyridine rings is 1. The largest absolute Gasteiger partial charge is 0.258 e. The molecule has 0 spiro atoms. The molecule has 1 aromatic rings. The van der Waals surface area contributed by atoms with E-state index in [-0.39, 0.29) is 0 Å². The van der Waals surface area contributed by atoms with Gasteiger partial charge in [0.2, 0.25) is 0 Å². The minimum Gasteiger partial charge on any atom is -0.258 e. The van der Waals surface area contributed by atoms with Gasteiger partial charge >= 0.3 is 0 Å². The number of allylic oxidation sites excluding steroid dienone is 4. The Balaban J connectivity index is 1.62. The Morgan fingerprint density at radius 3 is 1.85 bits per heavy atom. The molecular weight excluding hydrogens is 242 g/mol. The summed E-state index contributed by atoms with van der Waals surface area (Å²) in [4.78, 5) is 4.89. The SMILES string of the molecule is C1=CC(Cc2cccc(CC3C=CCCC3)n2)CCC1. The van der Waals surface area contributed by atoms with Crippen LogP contribution in [-0.4, -0.2) is 4.98 Å². The fourth-order valence-corrected chi connectivity index (χ4v) is 3.40. The van der Waals surface area contributed by atoms with E-state index in [2.05, 4.69) is 42.5 Å². The minimum atomic E-state index is 0.709. The van der Waals surface area contributed by atoms with Gasteiger partial charge < -0.3 is 0 Å². The molecule has 106 valence electrons. The van der Waals surface area contributed by atoms with Gasteiger partial charge in [0.05, 0.1) is 0 Å². The summed E-state index contributed by atoms with van der Waals surface area (Å²) in [5.74, 6) is 1.42. The third-order valence-electron chi connectivity index (χ3n) is 4.51. The number of hydrogen-bond donors (Lipinski definition) is 0. The van der Waals surface area contributed by atoms with Gasteiger partial charge in [0.15, 0.2) is 0 Å². The summed E-state index contributed by atoms with van der Waals surface area (Å²) in [6, 6.07) is 6.59. The Bertz CT molecular complexity index is 445. The van der Waals surface area contributed by atoms with Gasteiger partial charge in [-0.15, -0.1) is 0 Å². The standard InChI is InChI=1S/C19H25N/c1-3-8-16(9-4-1)14-18-12-7-13-19(20-18)15-17-10-5-2-6-11-17/h3,5,7-8,10,12-13,16-17H,1-2,4,6,9,11,14-15H2. The van der Waals surface area contributed by atoms with Crippen molar-refractivity contribution in [2.45, 2.75) is 51.4 Å². The highest BCUT2D eigenvalue weighted by atomic mass is 14.7. The maximum atomic E-state index is 4.89. The van der Waals surface area contributed by atoms with Crippen molar-refractivity contribution in [2.75, 3.05) is 0 Å². The Kier molecular flexibility index (Phi) is 4.68. The Hall–Kier alpha value is -1.37. The van der Waals surface area contributed by atoms with Crippen molar-refractivity contribution in [3.63, 3.8) is 0 Å². The monoisotopic (exact) mass is 267 g/mol. The molecule has 0 fully saturated rings. The molecule has 0 N–H and O–H groups in total. The number of aromatic nitrogens is 1. The van der Waals surface area contributed by atoms with E-state index >= 15 is 0 Å². The van der Waals surface area contributed by atoms with E-state index in [9.17, 15) is 0 Å². The second kappa shape index (κ2) is 6.88. The normalized spacial score (nSPS) is 25.8. The van der Waals surface area contributed by atoms with Crippen LogP contribution in [0.2, 0.25) is 0 Å². The molecule has 2 atom stereocenters. The van der Waals surface area contributed by atoms with E-state index in [1.54, 1.807) is 0 Å². The van der Waals surface area contributed by atoms with Gasteiger partial charge in [-0.25, -0.2) is 0 Å². The van der Waals surface area contributed by atoms with Gasteiger partial charge in [0.25, 0.3) is 0 Å². The van der Waals surface area contributed by atoms with Gasteiger partial charge in [0.1, 0.15) is 0 Å². The fourth-order valence-electron chi connectivity index (χ4n) is 3.40. The van der Waals surface area contributed by atoms with E-state index < -0.39 is 0 Å². The summed E-state index contributed by atoms with van der Waals surface area (Å²) in [6.45, 7) is 0. The molecule has 0 amide bonds. The molecule has 2 aliphatic rings. The lowest BCUT2D eigenvalue weighted by Crippen LogP contribution is -2.09. The molecule has 0 aliphatic heterocycles. The van der Waals surface area contributed by atoms with E-state index in [1.807, 2.05) is 0 Å². The quantitative estimate of drug-likeness (QED) is 0.709. The summed E-state index contributed by atoms with van der Waals surface area (Å²) >= 11 is 0. The third-order valence-corrected chi connectivity index (χ3v) is 4.51. The Morgan fingerprint density at radius 2 is 1.40 bits per heavy atom. The topological polar surface area (TPSA) is 12.9 Å². The smallest absolute Gasteiger partial charge is 0.0412 e. The summed E-state index contributed by atoms with van der Waals surface area (Å²) in [5, 5.41) is 0. The molecule has 0 radical (unpaired) electrons. The van der Waals surface area contributed by atoms with Crippen LogP contribution >= 0.6 is 0 Å². The van der Waals surface area contributed by atoms with E-state index in [1.165, 1.54) is 49.9 Å². The van der Waals surface area contributed by atoms with Crippen LogP contribution in [0, 0.1) is 11.8 Å². The van der Waals surface area contributed by atoms with E-state index in [0.29, 0.717) is 11.8 Å². The zero-order chi connectivity index (χ0) is 13.6. The van der Waals surface area contributed by atoms with Crippen LogP contribution in [0.1, 0.15) is 49.9 Å². The number of rotatable bonds is 4. The maximum Gasteiger partial charge on any atom is 0.0412 e. The van der Waals surface area contributed by atoms with Crippen molar-refractivity contribution >= 4 is 0 Å². The lowest BCUT2D eigenvalue weighted by atomic mass is 9.90. The van der Waals surface area contributed by atoms with Gasteiger partial charge in [-0.05, 0) is 75.3 Å². The lowest BCUT2D eigenvalue weighted by Gasteiger charge is -2.18. The summed E-state index contributed by atoms with van der Waals surface area (Å²) in [5.41, 5.74) is 2.55. The van der Waals surface area contributed by atoms with Gasteiger partial charge in [0, 0.05) is 11.4 Å². The first-order valence-corrected chi connectivity index (χ1v) is 8.18.